The number of aryl methyl sites for hydroxylation is 2. The fourth-order valence-corrected chi connectivity index (χ4v) is 1.53. The molecule has 0 atom stereocenters. The van der Waals surface area contributed by atoms with Crippen LogP contribution in [0.25, 0.3) is 5.65 Å². The van der Waals surface area contributed by atoms with E-state index in [4.69, 9.17) is 11.6 Å². The van der Waals surface area contributed by atoms with Gasteiger partial charge in [-0.25, -0.2) is 9.50 Å². The molecule has 0 saturated heterocycles. The van der Waals surface area contributed by atoms with Crippen molar-refractivity contribution in [3.63, 3.8) is 0 Å². The standard InChI is InChI=1S/C9H10ClN3/c1-5-4-13-9(11-5)7(3)6(2)8(10)12-13/h4H,1-3H3. The quantitative estimate of drug-likeness (QED) is 0.646. The van der Waals surface area contributed by atoms with Gasteiger partial charge in [-0.15, -0.1) is 0 Å². The highest BCUT2D eigenvalue weighted by Crippen LogP contribution is 2.19. The van der Waals surface area contributed by atoms with Crippen molar-refractivity contribution in [2.24, 2.45) is 0 Å². The van der Waals surface area contributed by atoms with Gasteiger partial charge >= 0.3 is 0 Å². The predicted molar refractivity (Wildman–Crippen MR) is 52.2 cm³/mol. The summed E-state index contributed by atoms with van der Waals surface area (Å²) in [6.45, 7) is 5.90. The van der Waals surface area contributed by atoms with E-state index in [-0.39, 0.29) is 0 Å². The molecule has 0 bridgehead atoms. The van der Waals surface area contributed by atoms with Gasteiger partial charge < -0.3 is 0 Å². The normalized spacial score (nSPS) is 11.1. The lowest BCUT2D eigenvalue weighted by molar-refractivity contribution is 0.916. The van der Waals surface area contributed by atoms with Crippen molar-refractivity contribution >= 4 is 17.2 Å². The molecule has 68 valence electrons. The number of aromatic nitrogens is 3. The Morgan fingerprint density at radius 2 is 1.92 bits per heavy atom. The lowest BCUT2D eigenvalue weighted by atomic mass is 10.2. The number of hydrogen-bond acceptors (Lipinski definition) is 2. The molecule has 2 aromatic rings. The third kappa shape index (κ3) is 1.20. The van der Waals surface area contributed by atoms with Crippen LogP contribution in [-0.2, 0) is 0 Å². The van der Waals surface area contributed by atoms with E-state index in [0.29, 0.717) is 5.15 Å². The fourth-order valence-electron chi connectivity index (χ4n) is 1.31. The lowest BCUT2D eigenvalue weighted by Gasteiger charge is -2.02. The first-order valence-corrected chi connectivity index (χ1v) is 4.46. The molecule has 0 amide bonds. The first kappa shape index (κ1) is 8.51. The maximum atomic E-state index is 5.94. The molecule has 4 heteroatoms. The van der Waals surface area contributed by atoms with Gasteiger partial charge in [0, 0.05) is 0 Å². The summed E-state index contributed by atoms with van der Waals surface area (Å²) in [7, 11) is 0. The van der Waals surface area contributed by atoms with Crippen LogP contribution in [-0.4, -0.2) is 14.6 Å². The number of fused-ring (bicyclic) bond motifs is 1. The molecule has 0 saturated carbocycles. The fraction of sp³-hybridized carbons (Fsp3) is 0.333. The zero-order valence-corrected chi connectivity index (χ0v) is 8.55. The van der Waals surface area contributed by atoms with Crippen molar-refractivity contribution in [3.8, 4) is 0 Å². The minimum Gasteiger partial charge on any atom is -0.232 e. The number of hydrogen-bond donors (Lipinski definition) is 0. The Labute approximate surface area is 81.4 Å². The molecule has 2 aromatic heterocycles. The molecule has 13 heavy (non-hydrogen) atoms. The Bertz CT molecular complexity index is 473. The Morgan fingerprint density at radius 1 is 1.23 bits per heavy atom. The third-order valence-corrected chi connectivity index (χ3v) is 2.57. The number of imidazole rings is 1. The minimum absolute atomic E-state index is 0.544. The molecule has 3 nitrogen and oxygen atoms in total. The monoisotopic (exact) mass is 195 g/mol. The summed E-state index contributed by atoms with van der Waals surface area (Å²) in [6, 6.07) is 0. The van der Waals surface area contributed by atoms with Crippen molar-refractivity contribution in [1.29, 1.82) is 0 Å². The van der Waals surface area contributed by atoms with Crippen molar-refractivity contribution in [2.75, 3.05) is 0 Å². The molecule has 0 spiro atoms. The highest BCUT2D eigenvalue weighted by atomic mass is 35.5. The van der Waals surface area contributed by atoms with Crippen molar-refractivity contribution in [2.45, 2.75) is 20.8 Å². The molecule has 0 aliphatic heterocycles. The smallest absolute Gasteiger partial charge is 0.157 e. The van der Waals surface area contributed by atoms with Crippen LogP contribution in [0.3, 0.4) is 0 Å². The molecule has 2 rings (SSSR count). The van der Waals surface area contributed by atoms with Gasteiger partial charge in [0.1, 0.15) is 0 Å². The number of rotatable bonds is 0. The van der Waals surface area contributed by atoms with Crippen molar-refractivity contribution in [1.82, 2.24) is 14.6 Å². The number of nitrogens with zero attached hydrogens (tertiary/aromatic N) is 3. The van der Waals surface area contributed by atoms with Crippen molar-refractivity contribution < 1.29 is 0 Å². The van der Waals surface area contributed by atoms with Crippen LogP contribution in [0.1, 0.15) is 16.8 Å². The molecule has 0 fully saturated rings. The second-order valence-corrected chi connectivity index (χ2v) is 3.55. The van der Waals surface area contributed by atoms with Gasteiger partial charge in [-0.2, -0.15) is 5.10 Å². The van der Waals surface area contributed by atoms with E-state index in [9.17, 15) is 0 Å². The van der Waals surface area contributed by atoms with Crippen LogP contribution in [0, 0.1) is 20.8 Å². The van der Waals surface area contributed by atoms with Gasteiger partial charge in [-0.3, -0.25) is 0 Å². The zero-order chi connectivity index (χ0) is 9.59. The molecule has 0 aliphatic carbocycles. The van der Waals surface area contributed by atoms with Crippen LogP contribution in [0.2, 0.25) is 5.15 Å². The third-order valence-electron chi connectivity index (χ3n) is 2.21. The van der Waals surface area contributed by atoms with Crippen LogP contribution in [0.5, 0.6) is 0 Å². The Morgan fingerprint density at radius 3 is 2.62 bits per heavy atom. The molecule has 2 heterocycles. The Balaban J connectivity index is 2.92. The lowest BCUT2D eigenvalue weighted by Crippen LogP contribution is -1.97. The Kier molecular flexibility index (Phi) is 1.77. The average molecular weight is 196 g/mol. The average Bonchev–Trinajstić information content (AvgIpc) is 2.42. The summed E-state index contributed by atoms with van der Waals surface area (Å²) in [6.07, 6.45) is 1.87. The van der Waals surface area contributed by atoms with Crippen molar-refractivity contribution in [3.05, 3.63) is 28.2 Å². The Hall–Kier alpha value is -1.09. The van der Waals surface area contributed by atoms with Crippen LogP contribution < -0.4 is 0 Å². The summed E-state index contributed by atoms with van der Waals surface area (Å²) in [5, 5.41) is 4.72. The second-order valence-electron chi connectivity index (χ2n) is 3.19. The second kappa shape index (κ2) is 2.70. The number of halogens is 1. The summed E-state index contributed by atoms with van der Waals surface area (Å²) in [5.41, 5.74) is 3.93. The molecule has 0 aromatic carbocycles. The molecule has 0 aliphatic rings. The molecule has 0 unspecified atom stereocenters. The SMILES string of the molecule is Cc1cn2nc(Cl)c(C)c(C)c2n1. The summed E-state index contributed by atoms with van der Waals surface area (Å²) < 4.78 is 1.72. The molecule has 0 N–H and O–H groups in total. The maximum Gasteiger partial charge on any atom is 0.157 e. The van der Waals surface area contributed by atoms with E-state index in [1.165, 1.54) is 0 Å². The predicted octanol–water partition coefficient (Wildman–Crippen LogP) is 2.31. The molecule has 0 radical (unpaired) electrons. The van der Waals surface area contributed by atoms with Gasteiger partial charge in [0.2, 0.25) is 0 Å². The largest absolute Gasteiger partial charge is 0.232 e. The summed E-state index contributed by atoms with van der Waals surface area (Å²) in [5.74, 6) is 0. The van der Waals surface area contributed by atoms with Gasteiger partial charge in [-0.05, 0) is 31.9 Å². The highest BCUT2D eigenvalue weighted by Gasteiger charge is 2.08. The summed E-state index contributed by atoms with van der Waals surface area (Å²) >= 11 is 5.94. The van der Waals surface area contributed by atoms with E-state index in [1.54, 1.807) is 4.52 Å². The van der Waals surface area contributed by atoms with E-state index in [0.717, 1.165) is 22.5 Å². The topological polar surface area (TPSA) is 30.2 Å². The summed E-state index contributed by atoms with van der Waals surface area (Å²) in [4.78, 5) is 4.36. The highest BCUT2D eigenvalue weighted by molar-refractivity contribution is 6.30. The van der Waals surface area contributed by atoms with E-state index in [2.05, 4.69) is 10.1 Å². The van der Waals surface area contributed by atoms with Gasteiger partial charge in [0.25, 0.3) is 0 Å². The molecular formula is C9H10ClN3. The maximum absolute atomic E-state index is 5.94. The molecular weight excluding hydrogens is 186 g/mol. The van der Waals surface area contributed by atoms with E-state index in [1.807, 2.05) is 27.0 Å². The first-order valence-electron chi connectivity index (χ1n) is 4.08. The zero-order valence-electron chi connectivity index (χ0n) is 7.80. The van der Waals surface area contributed by atoms with Crippen LogP contribution >= 0.6 is 11.6 Å². The van der Waals surface area contributed by atoms with Gasteiger partial charge in [0.05, 0.1) is 11.9 Å². The van der Waals surface area contributed by atoms with Crippen LogP contribution in [0.4, 0.5) is 0 Å². The van der Waals surface area contributed by atoms with Crippen LogP contribution in [0.15, 0.2) is 6.20 Å². The van der Waals surface area contributed by atoms with Gasteiger partial charge in [0.15, 0.2) is 10.8 Å². The van der Waals surface area contributed by atoms with E-state index < -0.39 is 0 Å². The minimum atomic E-state index is 0.544. The first-order chi connectivity index (χ1) is 6.09. The van der Waals surface area contributed by atoms with E-state index >= 15 is 0 Å². The van der Waals surface area contributed by atoms with Gasteiger partial charge in [-0.1, -0.05) is 11.6 Å².